The third kappa shape index (κ3) is 4.67. The van der Waals surface area contributed by atoms with Crippen molar-refractivity contribution < 1.29 is 18.1 Å². The zero-order chi connectivity index (χ0) is 19.3. The molecule has 0 spiro atoms. The lowest BCUT2D eigenvalue weighted by atomic mass is 10.2. The van der Waals surface area contributed by atoms with Crippen LogP contribution in [0.4, 0.5) is 11.4 Å². The van der Waals surface area contributed by atoms with E-state index in [2.05, 4.69) is 10.0 Å². The van der Waals surface area contributed by atoms with E-state index in [0.717, 1.165) is 0 Å². The number of hydrogen-bond donors (Lipinski definition) is 2. The summed E-state index contributed by atoms with van der Waals surface area (Å²) >= 11 is 0. The number of likely N-dealkylation sites (N-methyl/N-ethyl adjacent to an activating group) is 1. The molecule has 0 aliphatic carbocycles. The van der Waals surface area contributed by atoms with Crippen LogP contribution in [0.3, 0.4) is 0 Å². The van der Waals surface area contributed by atoms with E-state index in [-0.39, 0.29) is 22.2 Å². The van der Waals surface area contributed by atoms with Crippen LogP contribution >= 0.6 is 0 Å². The van der Waals surface area contributed by atoms with Crippen LogP contribution in [0.1, 0.15) is 11.1 Å². The Kier molecular flexibility index (Phi) is 5.73. The molecule has 26 heavy (non-hydrogen) atoms. The van der Waals surface area contributed by atoms with E-state index < -0.39 is 14.9 Å². The van der Waals surface area contributed by atoms with Gasteiger partial charge in [-0.2, -0.15) is 0 Å². The van der Waals surface area contributed by atoms with Crippen molar-refractivity contribution in [2.24, 2.45) is 0 Å². The Morgan fingerprint density at radius 2 is 1.81 bits per heavy atom. The van der Waals surface area contributed by atoms with Crippen LogP contribution in [-0.4, -0.2) is 26.3 Å². The number of carbonyl (C=O) groups is 1. The Morgan fingerprint density at radius 3 is 2.38 bits per heavy atom. The molecule has 8 nitrogen and oxygen atoms in total. The average molecular weight is 375 g/mol. The van der Waals surface area contributed by atoms with Gasteiger partial charge in [0.25, 0.3) is 15.7 Å². The second-order valence-corrected chi connectivity index (χ2v) is 7.06. The number of nitrogens with zero attached hydrogens (tertiary/aromatic N) is 1. The molecular formula is C17H17N3O5S. The minimum Gasteiger partial charge on any atom is -0.356 e. The average Bonchev–Trinajstić information content (AvgIpc) is 2.61. The zero-order valence-corrected chi connectivity index (χ0v) is 14.9. The molecule has 0 fully saturated rings. The maximum atomic E-state index is 12.5. The monoisotopic (exact) mass is 375 g/mol. The van der Waals surface area contributed by atoms with Crippen molar-refractivity contribution in [2.45, 2.75) is 11.8 Å². The SMILES string of the molecule is CNC(=O)/C=C/c1ccc(S(=O)(=O)Nc2cc([N+](=O)[O-])ccc2C)cc1. The molecule has 0 aliphatic heterocycles. The van der Waals surface area contributed by atoms with Crippen molar-refractivity contribution in [1.29, 1.82) is 0 Å². The van der Waals surface area contributed by atoms with Gasteiger partial charge in [0.1, 0.15) is 0 Å². The minimum absolute atomic E-state index is 0.000462. The number of nitrogens with one attached hydrogen (secondary N) is 2. The van der Waals surface area contributed by atoms with Crippen LogP contribution in [0.25, 0.3) is 6.08 Å². The molecule has 1 amide bonds. The number of nitro benzene ring substituents is 1. The first-order chi connectivity index (χ1) is 12.2. The number of non-ortho nitro benzene ring substituents is 1. The fourth-order valence-corrected chi connectivity index (χ4v) is 3.17. The lowest BCUT2D eigenvalue weighted by Gasteiger charge is -2.10. The summed E-state index contributed by atoms with van der Waals surface area (Å²) in [5.74, 6) is -0.274. The number of amides is 1. The fraction of sp³-hybridized carbons (Fsp3) is 0.118. The van der Waals surface area contributed by atoms with Crippen molar-refractivity contribution in [1.82, 2.24) is 5.32 Å². The topological polar surface area (TPSA) is 118 Å². The maximum absolute atomic E-state index is 12.5. The van der Waals surface area contributed by atoms with Gasteiger partial charge in [-0.25, -0.2) is 8.42 Å². The van der Waals surface area contributed by atoms with Crippen LogP contribution in [0.15, 0.2) is 53.4 Å². The van der Waals surface area contributed by atoms with Crippen LogP contribution < -0.4 is 10.0 Å². The highest BCUT2D eigenvalue weighted by Gasteiger charge is 2.17. The number of sulfonamides is 1. The van der Waals surface area contributed by atoms with Gasteiger partial charge in [-0.1, -0.05) is 18.2 Å². The van der Waals surface area contributed by atoms with Gasteiger partial charge in [0.2, 0.25) is 5.91 Å². The van der Waals surface area contributed by atoms with E-state index in [1.54, 1.807) is 25.1 Å². The molecule has 2 rings (SSSR count). The molecule has 2 aromatic carbocycles. The standard InChI is InChI=1S/C17H17N3O5S/c1-12-3-7-14(20(22)23)11-16(12)19-26(24,25)15-8-4-13(5-9-15)6-10-17(21)18-2/h3-11,19H,1-2H3,(H,18,21)/b10-6+. The number of benzene rings is 2. The van der Waals surface area contributed by atoms with E-state index in [1.165, 1.54) is 43.5 Å². The summed E-state index contributed by atoms with van der Waals surface area (Å²) in [6, 6.07) is 9.83. The van der Waals surface area contributed by atoms with Crippen LogP contribution in [-0.2, 0) is 14.8 Å². The van der Waals surface area contributed by atoms with E-state index in [4.69, 9.17) is 0 Å². The summed E-state index contributed by atoms with van der Waals surface area (Å²) in [5.41, 5.74) is 1.15. The van der Waals surface area contributed by atoms with Crippen LogP contribution in [0.2, 0.25) is 0 Å². The summed E-state index contributed by atoms with van der Waals surface area (Å²) < 4.78 is 27.4. The van der Waals surface area contributed by atoms with Gasteiger partial charge in [-0.05, 0) is 36.3 Å². The number of rotatable bonds is 6. The van der Waals surface area contributed by atoms with Gasteiger partial charge < -0.3 is 5.32 Å². The van der Waals surface area contributed by atoms with Crippen molar-refractivity contribution in [2.75, 3.05) is 11.8 Å². The Bertz CT molecular complexity index is 966. The third-order valence-corrected chi connectivity index (χ3v) is 4.92. The molecule has 0 aliphatic rings. The highest BCUT2D eigenvalue weighted by Crippen LogP contribution is 2.24. The number of nitro groups is 1. The number of aryl methyl sites for hydroxylation is 1. The highest BCUT2D eigenvalue weighted by molar-refractivity contribution is 7.92. The molecule has 9 heteroatoms. The Hall–Kier alpha value is -3.20. The molecular weight excluding hydrogens is 358 g/mol. The highest BCUT2D eigenvalue weighted by atomic mass is 32.2. The summed E-state index contributed by atoms with van der Waals surface area (Å²) in [6.45, 7) is 1.65. The smallest absolute Gasteiger partial charge is 0.271 e. The van der Waals surface area contributed by atoms with Crippen molar-refractivity contribution in [3.05, 3.63) is 69.8 Å². The lowest BCUT2D eigenvalue weighted by Crippen LogP contribution is -2.14. The molecule has 0 unspecified atom stereocenters. The van der Waals surface area contributed by atoms with Gasteiger partial charge in [0, 0.05) is 25.3 Å². The van der Waals surface area contributed by atoms with Gasteiger partial charge in [-0.15, -0.1) is 0 Å². The molecule has 0 radical (unpaired) electrons. The minimum atomic E-state index is -3.91. The van der Waals surface area contributed by atoms with Gasteiger partial charge in [-0.3, -0.25) is 19.6 Å². The molecule has 0 saturated carbocycles. The fourth-order valence-electron chi connectivity index (χ4n) is 2.05. The predicted molar refractivity (Wildman–Crippen MR) is 98.2 cm³/mol. The number of anilines is 1. The van der Waals surface area contributed by atoms with E-state index in [9.17, 15) is 23.3 Å². The first-order valence-electron chi connectivity index (χ1n) is 7.50. The first kappa shape index (κ1) is 19.1. The van der Waals surface area contributed by atoms with Crippen molar-refractivity contribution >= 4 is 33.4 Å². The maximum Gasteiger partial charge on any atom is 0.271 e. The molecule has 2 N–H and O–H groups in total. The summed E-state index contributed by atoms with van der Waals surface area (Å²) in [5, 5.41) is 13.3. The first-order valence-corrected chi connectivity index (χ1v) is 8.99. The molecule has 0 heterocycles. The molecule has 0 atom stereocenters. The Balaban J connectivity index is 2.25. The predicted octanol–water partition coefficient (Wildman–Crippen LogP) is 2.46. The van der Waals surface area contributed by atoms with E-state index in [1.807, 2.05) is 0 Å². The largest absolute Gasteiger partial charge is 0.356 e. The van der Waals surface area contributed by atoms with Gasteiger partial charge in [0.15, 0.2) is 0 Å². The summed E-state index contributed by atoms with van der Waals surface area (Å²) in [6.07, 6.45) is 2.88. The Morgan fingerprint density at radius 1 is 1.15 bits per heavy atom. The van der Waals surface area contributed by atoms with Crippen LogP contribution in [0.5, 0.6) is 0 Å². The van der Waals surface area contributed by atoms with E-state index >= 15 is 0 Å². The summed E-state index contributed by atoms with van der Waals surface area (Å²) in [4.78, 5) is 21.4. The second-order valence-electron chi connectivity index (χ2n) is 5.38. The molecule has 2 aromatic rings. The van der Waals surface area contributed by atoms with Crippen molar-refractivity contribution in [3.8, 4) is 0 Å². The summed E-state index contributed by atoms with van der Waals surface area (Å²) in [7, 11) is -2.40. The third-order valence-electron chi connectivity index (χ3n) is 3.54. The molecule has 136 valence electrons. The van der Waals surface area contributed by atoms with Crippen molar-refractivity contribution in [3.63, 3.8) is 0 Å². The Labute approximate surface area is 150 Å². The second kappa shape index (κ2) is 7.79. The van der Waals surface area contributed by atoms with Crippen LogP contribution in [0, 0.1) is 17.0 Å². The van der Waals surface area contributed by atoms with E-state index in [0.29, 0.717) is 11.1 Å². The molecule has 0 aromatic heterocycles. The van der Waals surface area contributed by atoms with Gasteiger partial charge >= 0.3 is 0 Å². The molecule has 0 bridgehead atoms. The van der Waals surface area contributed by atoms with Gasteiger partial charge in [0.05, 0.1) is 15.5 Å². The number of carbonyl (C=O) groups excluding carboxylic acids is 1. The number of hydrogen-bond acceptors (Lipinski definition) is 5. The zero-order valence-electron chi connectivity index (χ0n) is 14.1. The lowest BCUT2D eigenvalue weighted by molar-refractivity contribution is -0.384. The molecule has 0 saturated heterocycles. The quantitative estimate of drug-likeness (QED) is 0.457. The normalized spacial score (nSPS) is 11.3.